The predicted octanol–water partition coefficient (Wildman–Crippen LogP) is 4.15. The van der Waals surface area contributed by atoms with Crippen LogP contribution in [0, 0.1) is 0 Å². The summed E-state index contributed by atoms with van der Waals surface area (Å²) >= 11 is 0. The fourth-order valence-corrected chi connectivity index (χ4v) is 3.78. The lowest BCUT2D eigenvalue weighted by molar-refractivity contribution is 0.0630. The number of likely N-dealkylation sites (tertiary alicyclic amines) is 1. The third kappa shape index (κ3) is 4.83. The maximum atomic E-state index is 12.8. The lowest BCUT2D eigenvalue weighted by Crippen LogP contribution is -2.38. The molecule has 7 heteroatoms. The fraction of sp³-hybridized carbons (Fsp3) is 0.292. The van der Waals surface area contributed by atoms with Crippen LogP contribution in [0.2, 0.25) is 0 Å². The molecule has 1 N–H and O–H groups in total. The first-order chi connectivity index (χ1) is 15.2. The van der Waals surface area contributed by atoms with Crippen LogP contribution in [-0.2, 0) is 4.74 Å². The number of hydrogen-bond acceptors (Lipinski definition) is 6. The Balaban J connectivity index is 1.40. The monoisotopic (exact) mass is 418 g/mol. The van der Waals surface area contributed by atoms with E-state index in [1.54, 1.807) is 26.6 Å². The van der Waals surface area contributed by atoms with Crippen molar-refractivity contribution in [3.8, 4) is 16.9 Å². The van der Waals surface area contributed by atoms with Gasteiger partial charge in [-0.3, -0.25) is 4.79 Å². The maximum Gasteiger partial charge on any atom is 0.254 e. The average Bonchev–Trinajstić information content (AvgIpc) is 3.28. The normalized spacial score (nSPS) is 15.7. The van der Waals surface area contributed by atoms with Gasteiger partial charge in [0.2, 0.25) is 5.95 Å². The molecule has 1 unspecified atom stereocenters. The first-order valence-corrected chi connectivity index (χ1v) is 10.3. The van der Waals surface area contributed by atoms with Crippen LogP contribution >= 0.6 is 0 Å². The molecule has 7 nitrogen and oxygen atoms in total. The van der Waals surface area contributed by atoms with Crippen LogP contribution in [0.1, 0.15) is 23.2 Å². The summed E-state index contributed by atoms with van der Waals surface area (Å²) in [4.78, 5) is 23.5. The number of anilines is 2. The van der Waals surface area contributed by atoms with Gasteiger partial charge in [0.05, 0.1) is 19.8 Å². The Bertz CT molecular complexity index is 1000. The number of aromatic nitrogens is 2. The van der Waals surface area contributed by atoms with E-state index in [2.05, 4.69) is 15.3 Å². The summed E-state index contributed by atoms with van der Waals surface area (Å²) in [6.45, 7) is 1.36. The topological polar surface area (TPSA) is 76.6 Å². The van der Waals surface area contributed by atoms with Crippen molar-refractivity contribution in [2.24, 2.45) is 0 Å². The van der Waals surface area contributed by atoms with Crippen molar-refractivity contribution in [3.63, 3.8) is 0 Å². The van der Waals surface area contributed by atoms with Crippen LogP contribution in [0.25, 0.3) is 11.1 Å². The predicted molar refractivity (Wildman–Crippen MR) is 120 cm³/mol. The van der Waals surface area contributed by atoms with Gasteiger partial charge in [-0.15, -0.1) is 0 Å². The van der Waals surface area contributed by atoms with E-state index in [1.165, 1.54) is 0 Å². The summed E-state index contributed by atoms with van der Waals surface area (Å²) in [6.07, 6.45) is 5.56. The van der Waals surface area contributed by atoms with Crippen molar-refractivity contribution in [1.29, 1.82) is 0 Å². The van der Waals surface area contributed by atoms with Crippen LogP contribution < -0.4 is 10.1 Å². The van der Waals surface area contributed by atoms with E-state index in [-0.39, 0.29) is 11.9 Å². The van der Waals surface area contributed by atoms with Crippen LogP contribution in [0.3, 0.4) is 0 Å². The second-order valence-corrected chi connectivity index (χ2v) is 7.48. The standard InChI is InChI=1S/C24H26N4O3/c1-30-16-21-4-3-13-28(21)23(29)18-5-9-20(10-6-18)27-24-25-14-19(15-26-24)17-7-11-22(31-2)12-8-17/h5-12,14-15,21H,3-4,13,16H2,1-2H3,(H,25,26,27). The van der Waals surface area contributed by atoms with Gasteiger partial charge in [-0.05, 0) is 54.8 Å². The number of amides is 1. The van der Waals surface area contributed by atoms with Gasteiger partial charge in [-0.25, -0.2) is 9.97 Å². The van der Waals surface area contributed by atoms with Gasteiger partial charge in [0.25, 0.3) is 5.91 Å². The van der Waals surface area contributed by atoms with Gasteiger partial charge in [-0.1, -0.05) is 12.1 Å². The molecule has 0 bridgehead atoms. The number of carbonyl (C=O) groups excluding carboxylic acids is 1. The highest BCUT2D eigenvalue weighted by Gasteiger charge is 2.29. The molecule has 4 rings (SSSR count). The molecular weight excluding hydrogens is 392 g/mol. The molecule has 1 atom stereocenters. The summed E-state index contributed by atoms with van der Waals surface area (Å²) in [5.74, 6) is 1.35. The van der Waals surface area contributed by atoms with Crippen molar-refractivity contribution in [2.75, 3.05) is 32.7 Å². The first kappa shape index (κ1) is 20.8. The van der Waals surface area contributed by atoms with E-state index in [0.29, 0.717) is 18.1 Å². The number of ether oxygens (including phenoxy) is 2. The highest BCUT2D eigenvalue weighted by molar-refractivity contribution is 5.95. The second-order valence-electron chi connectivity index (χ2n) is 7.48. The van der Waals surface area contributed by atoms with Gasteiger partial charge in [0.15, 0.2) is 0 Å². The zero-order valence-corrected chi connectivity index (χ0v) is 17.7. The minimum atomic E-state index is 0.0474. The maximum absolute atomic E-state index is 12.8. The Labute approximate surface area is 182 Å². The van der Waals surface area contributed by atoms with Crippen molar-refractivity contribution in [1.82, 2.24) is 14.9 Å². The molecule has 1 amide bonds. The minimum Gasteiger partial charge on any atom is -0.497 e. The third-order valence-corrected chi connectivity index (χ3v) is 5.46. The number of rotatable bonds is 7. The number of nitrogens with one attached hydrogen (secondary N) is 1. The van der Waals surface area contributed by atoms with Gasteiger partial charge in [0, 0.05) is 42.9 Å². The lowest BCUT2D eigenvalue weighted by Gasteiger charge is -2.24. The molecule has 1 aliphatic rings. The number of benzene rings is 2. The molecule has 3 aromatic rings. The molecule has 1 aliphatic heterocycles. The SMILES string of the molecule is COCC1CCCN1C(=O)c1ccc(Nc2ncc(-c3ccc(OC)cc3)cn2)cc1. The lowest BCUT2D eigenvalue weighted by atomic mass is 10.1. The van der Waals surface area contributed by atoms with E-state index >= 15 is 0 Å². The van der Waals surface area contributed by atoms with E-state index in [0.717, 1.165) is 42.0 Å². The zero-order chi connectivity index (χ0) is 21.6. The molecule has 160 valence electrons. The molecule has 1 fully saturated rings. The Morgan fingerprint density at radius 3 is 2.39 bits per heavy atom. The Kier molecular flexibility index (Phi) is 6.43. The van der Waals surface area contributed by atoms with E-state index in [4.69, 9.17) is 9.47 Å². The molecular formula is C24H26N4O3. The van der Waals surface area contributed by atoms with E-state index in [9.17, 15) is 4.79 Å². The van der Waals surface area contributed by atoms with Crippen molar-refractivity contribution in [3.05, 3.63) is 66.5 Å². The van der Waals surface area contributed by atoms with Gasteiger partial charge < -0.3 is 19.7 Å². The van der Waals surface area contributed by atoms with E-state index in [1.807, 2.05) is 53.4 Å². The summed E-state index contributed by atoms with van der Waals surface area (Å²) in [5.41, 5.74) is 3.43. The average molecular weight is 418 g/mol. The first-order valence-electron chi connectivity index (χ1n) is 10.3. The number of methoxy groups -OCH3 is 2. The zero-order valence-electron chi connectivity index (χ0n) is 17.7. The van der Waals surface area contributed by atoms with Crippen LogP contribution in [0.5, 0.6) is 5.75 Å². The molecule has 0 radical (unpaired) electrons. The van der Waals surface area contributed by atoms with Crippen molar-refractivity contribution in [2.45, 2.75) is 18.9 Å². The van der Waals surface area contributed by atoms with Gasteiger partial charge in [0.1, 0.15) is 5.75 Å². The van der Waals surface area contributed by atoms with Crippen molar-refractivity contribution >= 4 is 17.5 Å². The second kappa shape index (κ2) is 9.57. The van der Waals surface area contributed by atoms with Crippen LogP contribution in [0.15, 0.2) is 60.9 Å². The number of carbonyl (C=O) groups is 1. The van der Waals surface area contributed by atoms with Crippen molar-refractivity contribution < 1.29 is 14.3 Å². The highest BCUT2D eigenvalue weighted by atomic mass is 16.5. The molecule has 0 saturated carbocycles. The Hall–Kier alpha value is -3.45. The molecule has 0 spiro atoms. The third-order valence-electron chi connectivity index (χ3n) is 5.46. The molecule has 1 aromatic heterocycles. The smallest absolute Gasteiger partial charge is 0.254 e. The quantitative estimate of drug-likeness (QED) is 0.621. The minimum absolute atomic E-state index is 0.0474. The molecule has 2 aromatic carbocycles. The summed E-state index contributed by atoms with van der Waals surface area (Å²) in [6, 6.07) is 15.3. The number of hydrogen-bond donors (Lipinski definition) is 1. The summed E-state index contributed by atoms with van der Waals surface area (Å²) in [7, 11) is 3.32. The van der Waals surface area contributed by atoms with Gasteiger partial charge in [-0.2, -0.15) is 0 Å². The Morgan fingerprint density at radius 2 is 1.74 bits per heavy atom. The fourth-order valence-electron chi connectivity index (χ4n) is 3.78. The summed E-state index contributed by atoms with van der Waals surface area (Å²) in [5, 5.41) is 3.18. The van der Waals surface area contributed by atoms with Crippen LogP contribution in [0.4, 0.5) is 11.6 Å². The van der Waals surface area contributed by atoms with Crippen LogP contribution in [-0.4, -0.2) is 54.2 Å². The van der Waals surface area contributed by atoms with E-state index < -0.39 is 0 Å². The molecule has 31 heavy (non-hydrogen) atoms. The highest BCUT2D eigenvalue weighted by Crippen LogP contribution is 2.23. The molecule has 0 aliphatic carbocycles. The Morgan fingerprint density at radius 1 is 1.03 bits per heavy atom. The van der Waals surface area contributed by atoms with Gasteiger partial charge >= 0.3 is 0 Å². The largest absolute Gasteiger partial charge is 0.497 e. The number of nitrogens with zero attached hydrogens (tertiary/aromatic N) is 3. The molecule has 1 saturated heterocycles. The molecule has 2 heterocycles. The summed E-state index contributed by atoms with van der Waals surface area (Å²) < 4.78 is 10.4.